The Labute approximate surface area is 167 Å². The summed E-state index contributed by atoms with van der Waals surface area (Å²) in [5.74, 6) is 0.468. The van der Waals surface area contributed by atoms with E-state index in [2.05, 4.69) is 15.6 Å². The molecule has 0 aliphatic heterocycles. The van der Waals surface area contributed by atoms with E-state index in [0.717, 1.165) is 22.6 Å². The molecule has 0 spiro atoms. The number of aryl methyl sites for hydroxylation is 2. The molecule has 0 radical (unpaired) electrons. The summed E-state index contributed by atoms with van der Waals surface area (Å²) in [6.07, 6.45) is 0. The van der Waals surface area contributed by atoms with Gasteiger partial charge in [-0.3, -0.25) is 4.79 Å². The number of ether oxygens (including phenoxy) is 1. The highest BCUT2D eigenvalue weighted by molar-refractivity contribution is 6.02. The Balaban J connectivity index is 1.48. The number of nitrogens with zero attached hydrogens (tertiary/aromatic N) is 3. The van der Waals surface area contributed by atoms with E-state index in [0.29, 0.717) is 17.1 Å². The maximum Gasteiger partial charge on any atom is 0.294 e. The van der Waals surface area contributed by atoms with Gasteiger partial charge in [-0.15, -0.1) is 0 Å². The van der Waals surface area contributed by atoms with Crippen LogP contribution in [-0.4, -0.2) is 28.0 Å². The van der Waals surface area contributed by atoms with E-state index < -0.39 is 0 Å². The minimum absolute atomic E-state index is 0.130. The number of rotatable bonds is 5. The van der Waals surface area contributed by atoms with Gasteiger partial charge in [0.2, 0.25) is 5.76 Å². The quantitative estimate of drug-likeness (QED) is 0.548. The molecule has 0 unspecified atom stereocenters. The number of amides is 1. The minimum Gasteiger partial charge on any atom is -0.497 e. The van der Waals surface area contributed by atoms with Crippen LogP contribution in [0.4, 0.5) is 5.69 Å². The van der Waals surface area contributed by atoms with Crippen molar-refractivity contribution in [1.29, 1.82) is 0 Å². The first-order valence-electron chi connectivity index (χ1n) is 9.10. The third kappa shape index (κ3) is 3.89. The largest absolute Gasteiger partial charge is 0.497 e. The van der Waals surface area contributed by atoms with E-state index in [1.165, 1.54) is 0 Å². The van der Waals surface area contributed by atoms with E-state index in [1.807, 2.05) is 73.1 Å². The van der Waals surface area contributed by atoms with E-state index in [4.69, 9.17) is 9.26 Å². The normalized spacial score (nSPS) is 10.7. The molecule has 1 amide bonds. The van der Waals surface area contributed by atoms with Gasteiger partial charge in [0.05, 0.1) is 18.5 Å². The molecule has 0 aliphatic rings. The lowest BCUT2D eigenvalue weighted by atomic mass is 10.1. The second-order valence-electron chi connectivity index (χ2n) is 6.65. The summed E-state index contributed by atoms with van der Waals surface area (Å²) in [5.41, 5.74) is 4.95. The second-order valence-corrected chi connectivity index (χ2v) is 6.65. The van der Waals surface area contributed by atoms with Gasteiger partial charge < -0.3 is 14.6 Å². The molecular weight excluding hydrogens is 368 g/mol. The summed E-state index contributed by atoms with van der Waals surface area (Å²) in [6.45, 7) is 3.95. The lowest BCUT2D eigenvalue weighted by molar-refractivity contribution is 0.0988. The van der Waals surface area contributed by atoms with E-state index >= 15 is 0 Å². The van der Waals surface area contributed by atoms with Crippen molar-refractivity contribution >= 4 is 11.6 Å². The van der Waals surface area contributed by atoms with Gasteiger partial charge in [0, 0.05) is 23.0 Å². The molecule has 0 fully saturated rings. The van der Waals surface area contributed by atoms with Gasteiger partial charge in [-0.25, -0.2) is 4.68 Å². The summed E-state index contributed by atoms with van der Waals surface area (Å²) in [4.78, 5) is 12.5. The molecule has 0 aliphatic carbocycles. The number of aromatic nitrogens is 3. The van der Waals surface area contributed by atoms with Crippen LogP contribution in [0.2, 0.25) is 0 Å². The Morgan fingerprint density at radius 2 is 1.86 bits per heavy atom. The number of nitrogens with one attached hydrogen (secondary N) is 1. The molecule has 4 aromatic rings. The van der Waals surface area contributed by atoms with Crippen LogP contribution in [0.25, 0.3) is 16.9 Å². The fraction of sp³-hybridized carbons (Fsp3) is 0.136. The van der Waals surface area contributed by atoms with Gasteiger partial charge in [0.1, 0.15) is 11.4 Å². The maximum atomic E-state index is 12.5. The molecule has 0 saturated carbocycles. The zero-order chi connectivity index (χ0) is 20.4. The van der Waals surface area contributed by atoms with Crippen LogP contribution in [0, 0.1) is 13.8 Å². The molecular formula is C22H20N4O3. The van der Waals surface area contributed by atoms with Crippen molar-refractivity contribution in [2.75, 3.05) is 12.4 Å². The second kappa shape index (κ2) is 7.63. The summed E-state index contributed by atoms with van der Waals surface area (Å²) < 4.78 is 12.3. The van der Waals surface area contributed by atoms with Crippen molar-refractivity contribution in [2.45, 2.75) is 13.8 Å². The van der Waals surface area contributed by atoms with Gasteiger partial charge in [-0.05, 0) is 56.3 Å². The molecule has 2 aromatic carbocycles. The van der Waals surface area contributed by atoms with Crippen LogP contribution in [0.3, 0.4) is 0 Å². The highest BCUT2D eigenvalue weighted by Gasteiger charge is 2.15. The summed E-state index contributed by atoms with van der Waals surface area (Å²) in [6, 6.07) is 18.5. The summed E-state index contributed by atoms with van der Waals surface area (Å²) >= 11 is 0. The van der Waals surface area contributed by atoms with Crippen LogP contribution < -0.4 is 10.1 Å². The van der Waals surface area contributed by atoms with Crippen LogP contribution in [0.15, 0.2) is 65.2 Å². The third-order valence-electron chi connectivity index (χ3n) is 4.48. The molecule has 0 atom stereocenters. The predicted octanol–water partition coefficient (Wildman–Crippen LogP) is 4.41. The minimum atomic E-state index is -0.370. The molecule has 0 bridgehead atoms. The number of hydrogen-bond donors (Lipinski definition) is 1. The Hall–Kier alpha value is -3.87. The molecule has 4 rings (SSSR count). The van der Waals surface area contributed by atoms with Crippen molar-refractivity contribution in [3.05, 3.63) is 77.8 Å². The van der Waals surface area contributed by atoms with Crippen LogP contribution in [0.1, 0.15) is 21.9 Å². The van der Waals surface area contributed by atoms with E-state index in [1.54, 1.807) is 13.2 Å². The summed E-state index contributed by atoms with van der Waals surface area (Å²) in [7, 11) is 1.60. The molecule has 146 valence electrons. The average molecular weight is 388 g/mol. The fourth-order valence-electron chi connectivity index (χ4n) is 3.07. The van der Waals surface area contributed by atoms with Crippen molar-refractivity contribution < 1.29 is 14.1 Å². The Morgan fingerprint density at radius 3 is 2.55 bits per heavy atom. The number of anilines is 1. The summed E-state index contributed by atoms with van der Waals surface area (Å²) in [5, 5.41) is 11.3. The van der Waals surface area contributed by atoms with Crippen molar-refractivity contribution in [3.8, 4) is 22.7 Å². The Bertz CT molecular complexity index is 1160. The first kappa shape index (κ1) is 18.5. The highest BCUT2D eigenvalue weighted by Crippen LogP contribution is 2.24. The SMILES string of the molecule is COc1cccc(-c2cc(C(=O)Nc3ccc(-n4nc(C)cc4C)cc3)on2)c1. The highest BCUT2D eigenvalue weighted by atomic mass is 16.5. The van der Waals surface area contributed by atoms with Crippen molar-refractivity contribution in [3.63, 3.8) is 0 Å². The smallest absolute Gasteiger partial charge is 0.294 e. The molecule has 7 nitrogen and oxygen atoms in total. The van der Waals surface area contributed by atoms with Gasteiger partial charge in [0.25, 0.3) is 5.91 Å². The van der Waals surface area contributed by atoms with E-state index in [-0.39, 0.29) is 11.7 Å². The first-order chi connectivity index (χ1) is 14.0. The number of benzene rings is 2. The average Bonchev–Trinajstić information content (AvgIpc) is 3.35. The van der Waals surface area contributed by atoms with Crippen molar-refractivity contribution in [1.82, 2.24) is 14.9 Å². The molecule has 0 saturated heterocycles. The predicted molar refractivity (Wildman–Crippen MR) is 109 cm³/mol. The molecule has 7 heteroatoms. The zero-order valence-corrected chi connectivity index (χ0v) is 16.3. The molecule has 2 aromatic heterocycles. The molecule has 29 heavy (non-hydrogen) atoms. The van der Waals surface area contributed by atoms with Gasteiger partial charge >= 0.3 is 0 Å². The number of methoxy groups -OCH3 is 1. The van der Waals surface area contributed by atoms with Gasteiger partial charge in [0.15, 0.2) is 0 Å². The maximum absolute atomic E-state index is 12.5. The van der Waals surface area contributed by atoms with Crippen molar-refractivity contribution in [2.24, 2.45) is 0 Å². The number of carbonyl (C=O) groups is 1. The lowest BCUT2D eigenvalue weighted by Gasteiger charge is -2.06. The fourth-order valence-corrected chi connectivity index (χ4v) is 3.07. The molecule has 2 heterocycles. The lowest BCUT2D eigenvalue weighted by Crippen LogP contribution is -2.11. The molecule has 1 N–H and O–H groups in total. The third-order valence-corrected chi connectivity index (χ3v) is 4.48. The van der Waals surface area contributed by atoms with Gasteiger partial charge in [-0.2, -0.15) is 5.10 Å². The van der Waals surface area contributed by atoms with Crippen LogP contribution >= 0.6 is 0 Å². The zero-order valence-electron chi connectivity index (χ0n) is 16.3. The Morgan fingerprint density at radius 1 is 1.07 bits per heavy atom. The monoisotopic (exact) mass is 388 g/mol. The number of carbonyl (C=O) groups excluding carboxylic acids is 1. The topological polar surface area (TPSA) is 82.2 Å². The van der Waals surface area contributed by atoms with Gasteiger partial charge in [-0.1, -0.05) is 17.3 Å². The van der Waals surface area contributed by atoms with E-state index in [9.17, 15) is 4.79 Å². The van der Waals surface area contributed by atoms with Crippen LogP contribution in [0.5, 0.6) is 5.75 Å². The standard InChI is InChI=1S/C22H20N4O3/c1-14-11-15(2)26(24-14)18-9-7-17(8-10-18)23-22(27)21-13-20(25-29-21)16-5-4-6-19(12-16)28-3/h4-13H,1-3H3,(H,23,27). The first-order valence-corrected chi connectivity index (χ1v) is 9.10. The van der Waals surface area contributed by atoms with Crippen LogP contribution in [-0.2, 0) is 0 Å². The Kier molecular flexibility index (Phi) is 4.87. The number of hydrogen-bond acceptors (Lipinski definition) is 5.